The predicted molar refractivity (Wildman–Crippen MR) is 151 cm³/mol. The first kappa shape index (κ1) is 32.9. The number of methoxy groups -OCH3 is 2. The monoisotopic (exact) mass is 484 g/mol. The Labute approximate surface area is 216 Å². The molecule has 1 spiro atoms. The van der Waals surface area contributed by atoms with Crippen LogP contribution in [0.1, 0.15) is 98.4 Å². The Morgan fingerprint density at radius 2 is 0.886 bits per heavy atom. The van der Waals surface area contributed by atoms with Crippen LogP contribution in [0.25, 0.3) is 0 Å². The zero-order chi connectivity index (χ0) is 27.6. The van der Waals surface area contributed by atoms with Crippen molar-refractivity contribution in [2.75, 3.05) is 21.3 Å². The summed E-state index contributed by atoms with van der Waals surface area (Å²) in [7, 11) is 4.60. The Morgan fingerprint density at radius 3 is 1.11 bits per heavy atom. The molecule has 0 heterocycles. The number of ether oxygens (including phenoxy) is 2. The third-order valence-electron chi connectivity index (χ3n) is 7.95. The van der Waals surface area contributed by atoms with Crippen LogP contribution in [0.4, 0.5) is 0 Å². The van der Waals surface area contributed by atoms with Crippen molar-refractivity contribution >= 4 is 5.97 Å². The Kier molecular flexibility index (Phi) is 13.0. The van der Waals surface area contributed by atoms with Crippen LogP contribution in [0.5, 0.6) is 0 Å². The second kappa shape index (κ2) is 13.8. The highest BCUT2D eigenvalue weighted by atomic mass is 16.5. The van der Waals surface area contributed by atoms with E-state index >= 15 is 0 Å². The van der Waals surface area contributed by atoms with Gasteiger partial charge < -0.3 is 9.47 Å². The van der Waals surface area contributed by atoms with E-state index < -0.39 is 0 Å². The van der Waals surface area contributed by atoms with Gasteiger partial charge in [-0.15, -0.1) is 0 Å². The topological polar surface area (TPSA) is 35.5 Å². The molecule has 0 N–H and O–H groups in total. The fourth-order valence-electron chi connectivity index (χ4n) is 5.87. The molecule has 2 aliphatic carbocycles. The van der Waals surface area contributed by atoms with E-state index in [1.807, 2.05) is 27.7 Å². The lowest BCUT2D eigenvalue weighted by molar-refractivity contribution is -0.137. The molecule has 0 amide bonds. The van der Waals surface area contributed by atoms with Gasteiger partial charge in [0.1, 0.15) is 0 Å². The van der Waals surface area contributed by atoms with Gasteiger partial charge in [0.15, 0.2) is 0 Å². The highest BCUT2D eigenvalue weighted by Crippen LogP contribution is 2.67. The highest BCUT2D eigenvalue weighted by molar-refractivity contribution is 5.65. The van der Waals surface area contributed by atoms with E-state index in [0.29, 0.717) is 11.8 Å². The maximum absolute atomic E-state index is 9.59. The van der Waals surface area contributed by atoms with Crippen molar-refractivity contribution in [3.8, 4) is 0 Å². The lowest BCUT2D eigenvalue weighted by Crippen LogP contribution is -2.43. The summed E-state index contributed by atoms with van der Waals surface area (Å²) in [5.41, 5.74) is 6.79. The summed E-state index contributed by atoms with van der Waals surface area (Å²) in [6.07, 6.45) is 0. The largest absolute Gasteiger partial charge is 0.469 e. The summed E-state index contributed by atoms with van der Waals surface area (Å²) in [5, 5.41) is 0. The standard InChI is InChI=1S/C23H28.C3H6O2.C2H6O.2C2H6/c1-15-21(3,4)17-11-7-9-13-19(17)23(15)16(2)22(5,6)18-12-8-10-14-20(18)23;1-3(4)5-2;1-3-2;2*1-2/h7-16H,1-6H3;1-2H3;1-2H3;2*1-2H3. The number of hydrogen-bond acceptors (Lipinski definition) is 3. The van der Waals surface area contributed by atoms with Gasteiger partial charge >= 0.3 is 5.97 Å². The first-order valence-electron chi connectivity index (χ1n) is 13.1. The van der Waals surface area contributed by atoms with Gasteiger partial charge in [-0.3, -0.25) is 4.79 Å². The van der Waals surface area contributed by atoms with Gasteiger partial charge in [-0.05, 0) is 44.9 Å². The number of benzene rings is 2. The molecule has 0 fully saturated rings. The molecule has 2 aromatic rings. The van der Waals surface area contributed by atoms with Gasteiger partial charge in [0.25, 0.3) is 0 Å². The third kappa shape index (κ3) is 5.82. The molecule has 35 heavy (non-hydrogen) atoms. The molecule has 3 heteroatoms. The van der Waals surface area contributed by atoms with Crippen molar-refractivity contribution in [3.05, 3.63) is 70.8 Å². The zero-order valence-electron chi connectivity index (χ0n) is 25.0. The van der Waals surface area contributed by atoms with E-state index in [2.05, 4.69) is 99.5 Å². The van der Waals surface area contributed by atoms with Crippen molar-refractivity contribution in [2.24, 2.45) is 11.8 Å². The molecule has 0 aromatic heterocycles. The molecule has 198 valence electrons. The van der Waals surface area contributed by atoms with Crippen molar-refractivity contribution in [1.29, 1.82) is 0 Å². The third-order valence-corrected chi connectivity index (χ3v) is 7.95. The summed E-state index contributed by atoms with van der Waals surface area (Å²) in [6, 6.07) is 18.4. The van der Waals surface area contributed by atoms with Gasteiger partial charge in [-0.1, -0.05) is 118 Å². The quantitative estimate of drug-likeness (QED) is 0.353. The van der Waals surface area contributed by atoms with Crippen LogP contribution in [-0.4, -0.2) is 27.3 Å². The minimum Gasteiger partial charge on any atom is -0.469 e. The minimum atomic E-state index is -0.245. The average Bonchev–Trinajstić information content (AvgIpc) is 3.16. The molecule has 2 aliphatic rings. The number of esters is 1. The summed E-state index contributed by atoms with van der Waals surface area (Å²) >= 11 is 0. The van der Waals surface area contributed by atoms with Crippen LogP contribution < -0.4 is 0 Å². The Hall–Kier alpha value is -2.13. The molecule has 4 rings (SSSR count). The van der Waals surface area contributed by atoms with Gasteiger partial charge in [-0.2, -0.15) is 0 Å². The summed E-state index contributed by atoms with van der Waals surface area (Å²) in [4.78, 5) is 9.59. The van der Waals surface area contributed by atoms with E-state index in [1.165, 1.54) is 14.0 Å². The molecule has 0 saturated carbocycles. The second-order valence-electron chi connectivity index (χ2n) is 9.95. The Balaban J connectivity index is 0.000000824. The minimum absolute atomic E-state index is 0.139. The molecule has 0 aliphatic heterocycles. The van der Waals surface area contributed by atoms with E-state index in [-0.39, 0.29) is 22.2 Å². The van der Waals surface area contributed by atoms with Crippen LogP contribution in [0.2, 0.25) is 0 Å². The van der Waals surface area contributed by atoms with Crippen LogP contribution in [0.15, 0.2) is 48.5 Å². The van der Waals surface area contributed by atoms with E-state index in [9.17, 15) is 4.79 Å². The maximum atomic E-state index is 9.59. The maximum Gasteiger partial charge on any atom is 0.302 e. The van der Waals surface area contributed by atoms with Crippen LogP contribution in [0, 0.1) is 11.8 Å². The zero-order valence-corrected chi connectivity index (χ0v) is 25.0. The molecule has 0 bridgehead atoms. The molecular formula is C32H52O3. The highest BCUT2D eigenvalue weighted by Gasteiger charge is 2.64. The smallest absolute Gasteiger partial charge is 0.302 e. The predicted octanol–water partition coefficient (Wildman–Crippen LogP) is 8.32. The summed E-state index contributed by atoms with van der Waals surface area (Å²) < 4.78 is 8.36. The SMILES string of the molecule is CC.CC.CC1C(C)(C)c2ccccc2C12c1ccccc1C(C)(C)C2C.COC.COC(C)=O. The van der Waals surface area contributed by atoms with Crippen molar-refractivity contribution in [2.45, 2.75) is 92.4 Å². The van der Waals surface area contributed by atoms with Gasteiger partial charge in [0.2, 0.25) is 0 Å². The lowest BCUT2D eigenvalue weighted by Gasteiger charge is -2.43. The van der Waals surface area contributed by atoms with E-state index in [0.717, 1.165) is 0 Å². The Morgan fingerprint density at radius 1 is 0.657 bits per heavy atom. The average molecular weight is 485 g/mol. The summed E-state index contributed by atoms with van der Waals surface area (Å²) in [5.74, 6) is 0.931. The van der Waals surface area contributed by atoms with Crippen LogP contribution in [-0.2, 0) is 30.5 Å². The van der Waals surface area contributed by atoms with Gasteiger partial charge in [0.05, 0.1) is 7.11 Å². The second-order valence-corrected chi connectivity index (χ2v) is 9.95. The molecule has 2 unspecified atom stereocenters. The van der Waals surface area contributed by atoms with Gasteiger partial charge in [0, 0.05) is 26.6 Å². The number of carbonyl (C=O) groups is 1. The van der Waals surface area contributed by atoms with E-state index in [4.69, 9.17) is 0 Å². The number of fused-ring (bicyclic) bond motifs is 4. The number of hydrogen-bond donors (Lipinski definition) is 0. The fraction of sp³-hybridized carbons (Fsp3) is 0.594. The molecule has 2 atom stereocenters. The normalized spacial score (nSPS) is 23.4. The van der Waals surface area contributed by atoms with Crippen LogP contribution in [0.3, 0.4) is 0 Å². The van der Waals surface area contributed by atoms with Crippen LogP contribution >= 0.6 is 0 Å². The number of carbonyl (C=O) groups excluding carboxylic acids is 1. The molecular weight excluding hydrogens is 432 g/mol. The first-order chi connectivity index (χ1) is 16.4. The molecule has 0 radical (unpaired) electrons. The summed E-state index contributed by atoms with van der Waals surface area (Å²) in [6.45, 7) is 24.1. The molecule has 0 saturated heterocycles. The number of rotatable bonds is 0. The fourth-order valence-corrected chi connectivity index (χ4v) is 5.87. The molecule has 2 aromatic carbocycles. The van der Waals surface area contributed by atoms with E-state index in [1.54, 1.807) is 36.5 Å². The van der Waals surface area contributed by atoms with Crippen molar-refractivity contribution in [3.63, 3.8) is 0 Å². The molecule has 3 nitrogen and oxygen atoms in total. The van der Waals surface area contributed by atoms with Crippen molar-refractivity contribution in [1.82, 2.24) is 0 Å². The lowest BCUT2D eigenvalue weighted by atomic mass is 9.60. The van der Waals surface area contributed by atoms with Crippen molar-refractivity contribution < 1.29 is 14.3 Å². The Bertz CT molecular complexity index is 843. The first-order valence-corrected chi connectivity index (χ1v) is 13.1. The van der Waals surface area contributed by atoms with Gasteiger partial charge in [-0.25, -0.2) is 0 Å².